The van der Waals surface area contributed by atoms with E-state index in [1.807, 2.05) is 27.7 Å². The molecule has 2 nitrogen and oxygen atoms in total. The van der Waals surface area contributed by atoms with Crippen LogP contribution < -0.4 is 5.46 Å². The zero-order valence-corrected chi connectivity index (χ0v) is 12.1. The lowest BCUT2D eigenvalue weighted by Crippen LogP contribution is -2.41. The number of benzene rings is 1. The molecule has 0 aliphatic carbocycles. The molecule has 18 heavy (non-hydrogen) atoms. The summed E-state index contributed by atoms with van der Waals surface area (Å²) in [7, 11) is -0.762. The van der Waals surface area contributed by atoms with Gasteiger partial charge in [-0.1, -0.05) is 17.7 Å². The van der Waals surface area contributed by atoms with E-state index in [4.69, 9.17) is 20.9 Å². The van der Waals surface area contributed by atoms with Crippen molar-refractivity contribution in [1.82, 2.24) is 0 Å². The summed E-state index contributed by atoms with van der Waals surface area (Å²) in [5.41, 5.74) is -0.187. The smallest absolute Gasteiger partial charge is 0.399 e. The minimum Gasteiger partial charge on any atom is -0.399 e. The summed E-state index contributed by atoms with van der Waals surface area (Å²) in [4.78, 5) is 0. The predicted octanol–water partition coefficient (Wildman–Crippen LogP) is 3.09. The van der Waals surface area contributed by atoms with Gasteiger partial charge in [0.15, 0.2) is 0 Å². The summed E-state index contributed by atoms with van der Waals surface area (Å²) in [5.74, 6) is -0.360. The third kappa shape index (κ3) is 2.06. The quantitative estimate of drug-likeness (QED) is 0.730. The second-order valence-corrected chi connectivity index (χ2v) is 6.09. The first kappa shape index (κ1) is 13.8. The van der Waals surface area contributed by atoms with Crippen molar-refractivity contribution >= 4 is 24.2 Å². The summed E-state index contributed by atoms with van der Waals surface area (Å²) in [6, 6.07) is 3.31. The van der Waals surface area contributed by atoms with E-state index >= 15 is 0 Å². The molecule has 1 aromatic carbocycles. The summed E-state index contributed by atoms with van der Waals surface area (Å²) in [6.07, 6.45) is 0. The van der Waals surface area contributed by atoms with Gasteiger partial charge in [0.25, 0.3) is 0 Å². The van der Waals surface area contributed by atoms with Crippen LogP contribution >= 0.6 is 11.6 Å². The molecule has 0 amide bonds. The predicted molar refractivity (Wildman–Crippen MR) is 71.9 cm³/mol. The lowest BCUT2D eigenvalue weighted by Gasteiger charge is -2.32. The van der Waals surface area contributed by atoms with E-state index in [1.165, 1.54) is 0 Å². The molecule has 0 radical (unpaired) electrons. The van der Waals surface area contributed by atoms with Crippen molar-refractivity contribution in [3.05, 3.63) is 28.5 Å². The second kappa shape index (κ2) is 4.22. The SMILES string of the molecule is Cc1ccc(Cl)c(B2OC(C)(C)C(C)(C)O2)c1F. The van der Waals surface area contributed by atoms with Crippen molar-refractivity contribution < 1.29 is 13.7 Å². The third-order valence-corrected chi connectivity index (χ3v) is 4.14. The van der Waals surface area contributed by atoms with Crippen molar-refractivity contribution in [1.29, 1.82) is 0 Å². The van der Waals surface area contributed by atoms with Gasteiger partial charge in [-0.2, -0.15) is 0 Å². The molecule has 0 aromatic heterocycles. The Labute approximate surface area is 113 Å². The fourth-order valence-electron chi connectivity index (χ4n) is 1.86. The van der Waals surface area contributed by atoms with Gasteiger partial charge >= 0.3 is 7.12 Å². The summed E-state index contributed by atoms with van der Waals surface area (Å²) < 4.78 is 25.8. The molecule has 0 spiro atoms. The van der Waals surface area contributed by atoms with Gasteiger partial charge in [-0.05, 0) is 46.2 Å². The molecule has 1 aliphatic rings. The van der Waals surface area contributed by atoms with Gasteiger partial charge in [-0.15, -0.1) is 0 Å². The van der Waals surface area contributed by atoms with Crippen molar-refractivity contribution in [3.63, 3.8) is 0 Å². The maximum absolute atomic E-state index is 14.2. The Bertz CT molecular complexity index is 472. The highest BCUT2D eigenvalue weighted by Gasteiger charge is 2.53. The molecule has 1 aromatic rings. The van der Waals surface area contributed by atoms with Crippen molar-refractivity contribution in [2.45, 2.75) is 45.8 Å². The molecule has 98 valence electrons. The lowest BCUT2D eigenvalue weighted by atomic mass is 9.78. The van der Waals surface area contributed by atoms with Gasteiger partial charge in [0, 0.05) is 10.5 Å². The standard InChI is InChI=1S/C13H17BClFO2/c1-8-6-7-9(15)10(11(8)16)14-17-12(2,3)13(4,5)18-14/h6-7H,1-5H3. The molecule has 0 N–H and O–H groups in total. The summed E-state index contributed by atoms with van der Waals surface area (Å²) in [6.45, 7) is 9.40. The van der Waals surface area contributed by atoms with Gasteiger partial charge in [0.05, 0.1) is 11.2 Å². The van der Waals surface area contributed by atoms with E-state index in [-0.39, 0.29) is 11.3 Å². The fraction of sp³-hybridized carbons (Fsp3) is 0.538. The van der Waals surface area contributed by atoms with Crippen LogP contribution in [-0.2, 0) is 9.31 Å². The maximum atomic E-state index is 14.2. The van der Waals surface area contributed by atoms with Crippen LogP contribution in [0.5, 0.6) is 0 Å². The van der Waals surface area contributed by atoms with E-state index in [2.05, 4.69) is 0 Å². The lowest BCUT2D eigenvalue weighted by molar-refractivity contribution is 0.00578. The normalized spacial score (nSPS) is 21.4. The Kier molecular flexibility index (Phi) is 3.25. The molecule has 1 heterocycles. The van der Waals surface area contributed by atoms with E-state index < -0.39 is 18.3 Å². The second-order valence-electron chi connectivity index (χ2n) is 5.68. The zero-order valence-electron chi connectivity index (χ0n) is 11.3. The van der Waals surface area contributed by atoms with E-state index in [0.717, 1.165) is 0 Å². The van der Waals surface area contributed by atoms with Gasteiger partial charge in [-0.3, -0.25) is 0 Å². The molecule has 0 atom stereocenters. The molecule has 0 unspecified atom stereocenters. The van der Waals surface area contributed by atoms with Crippen LogP contribution in [0.4, 0.5) is 4.39 Å². The topological polar surface area (TPSA) is 18.5 Å². The first-order valence-corrected chi connectivity index (χ1v) is 6.33. The number of hydrogen-bond acceptors (Lipinski definition) is 2. The van der Waals surface area contributed by atoms with E-state index in [9.17, 15) is 4.39 Å². The van der Waals surface area contributed by atoms with Gasteiger partial charge in [-0.25, -0.2) is 4.39 Å². The van der Waals surface area contributed by atoms with Gasteiger partial charge in [0.2, 0.25) is 0 Å². The molecule has 1 saturated heterocycles. The highest BCUT2D eigenvalue weighted by atomic mass is 35.5. The Morgan fingerprint density at radius 3 is 2.11 bits per heavy atom. The summed E-state index contributed by atoms with van der Waals surface area (Å²) >= 11 is 6.07. The minimum atomic E-state index is -0.762. The van der Waals surface area contributed by atoms with Crippen LogP contribution in [0.2, 0.25) is 5.02 Å². The van der Waals surface area contributed by atoms with Gasteiger partial charge in [0.1, 0.15) is 5.82 Å². The van der Waals surface area contributed by atoms with Crippen LogP contribution in [0.1, 0.15) is 33.3 Å². The Hall–Kier alpha value is -0.575. The van der Waals surface area contributed by atoms with E-state index in [1.54, 1.807) is 19.1 Å². The number of hydrogen-bond donors (Lipinski definition) is 0. The average molecular weight is 271 g/mol. The molecular weight excluding hydrogens is 253 g/mol. The van der Waals surface area contributed by atoms with Crippen LogP contribution in [-0.4, -0.2) is 18.3 Å². The van der Waals surface area contributed by atoms with Crippen molar-refractivity contribution in [3.8, 4) is 0 Å². The van der Waals surface area contributed by atoms with Crippen LogP contribution in [0, 0.1) is 12.7 Å². The van der Waals surface area contributed by atoms with Crippen LogP contribution in [0.15, 0.2) is 12.1 Å². The molecule has 5 heteroatoms. The highest BCUT2D eigenvalue weighted by molar-refractivity contribution is 6.65. The Balaban J connectivity index is 2.44. The van der Waals surface area contributed by atoms with Crippen molar-refractivity contribution in [2.24, 2.45) is 0 Å². The maximum Gasteiger partial charge on any atom is 0.499 e. The average Bonchev–Trinajstić information content (AvgIpc) is 2.43. The molecular formula is C13H17BClFO2. The largest absolute Gasteiger partial charge is 0.499 e. The highest BCUT2D eigenvalue weighted by Crippen LogP contribution is 2.37. The first-order valence-electron chi connectivity index (χ1n) is 5.96. The Morgan fingerprint density at radius 1 is 1.11 bits per heavy atom. The monoisotopic (exact) mass is 270 g/mol. The summed E-state index contributed by atoms with van der Waals surface area (Å²) in [5, 5.41) is 0.330. The first-order chi connectivity index (χ1) is 8.16. The van der Waals surface area contributed by atoms with Crippen LogP contribution in [0.3, 0.4) is 0 Å². The fourth-order valence-corrected chi connectivity index (χ4v) is 2.09. The third-order valence-electron chi connectivity index (χ3n) is 3.81. The zero-order chi connectivity index (χ0) is 13.7. The molecule has 0 saturated carbocycles. The van der Waals surface area contributed by atoms with Crippen LogP contribution in [0.25, 0.3) is 0 Å². The number of aryl methyl sites for hydroxylation is 1. The Morgan fingerprint density at radius 2 is 1.61 bits per heavy atom. The van der Waals surface area contributed by atoms with E-state index in [0.29, 0.717) is 10.6 Å². The van der Waals surface area contributed by atoms with Crippen molar-refractivity contribution in [2.75, 3.05) is 0 Å². The minimum absolute atomic E-state index is 0.287. The number of rotatable bonds is 1. The molecule has 2 rings (SSSR count). The molecule has 1 aliphatic heterocycles. The van der Waals surface area contributed by atoms with Gasteiger partial charge < -0.3 is 9.31 Å². The molecule has 1 fully saturated rings. The molecule has 0 bridgehead atoms. The number of halogens is 2.